The highest BCUT2D eigenvalue weighted by Gasteiger charge is 2.45. The van der Waals surface area contributed by atoms with Gasteiger partial charge in [-0.15, -0.1) is 0 Å². The van der Waals surface area contributed by atoms with Gasteiger partial charge in [0.1, 0.15) is 22.3 Å². The molecule has 0 unspecified atom stereocenters. The number of benzene rings is 7. The molecular formula is C59H55BN2O2. The Morgan fingerprint density at radius 2 is 1.17 bits per heavy atom. The Bertz CT molecular complexity index is 3710. The van der Waals surface area contributed by atoms with Gasteiger partial charge in [-0.3, -0.25) is 0 Å². The van der Waals surface area contributed by atoms with Crippen LogP contribution < -0.4 is 15.7 Å². The van der Waals surface area contributed by atoms with Gasteiger partial charge in [0, 0.05) is 61.0 Å². The van der Waals surface area contributed by atoms with Crippen molar-refractivity contribution in [2.24, 2.45) is 0 Å². The van der Waals surface area contributed by atoms with Crippen LogP contribution in [0.4, 0.5) is 11.4 Å². The second-order valence-electron chi connectivity index (χ2n) is 22.9. The second kappa shape index (κ2) is 12.1. The van der Waals surface area contributed by atoms with Crippen LogP contribution in [-0.4, -0.2) is 11.4 Å². The molecule has 0 spiro atoms. The number of anilines is 2. The minimum Gasteiger partial charge on any atom is -0.456 e. The maximum Gasteiger partial charge on any atom is 0.333 e. The van der Waals surface area contributed by atoms with E-state index in [1.54, 1.807) is 0 Å². The van der Waals surface area contributed by atoms with Gasteiger partial charge in [-0.25, -0.2) is 0 Å². The summed E-state index contributed by atoms with van der Waals surface area (Å²) in [5.41, 5.74) is 22.0. The van der Waals surface area contributed by atoms with Crippen LogP contribution in [-0.2, 0) is 21.7 Å². The summed E-state index contributed by atoms with van der Waals surface area (Å²) in [4.78, 5) is 2.67. The number of nitrogens with zero attached hydrogens (tertiary/aromatic N) is 2. The van der Waals surface area contributed by atoms with Gasteiger partial charge in [0.2, 0.25) is 0 Å². The Morgan fingerprint density at radius 1 is 0.547 bits per heavy atom. The van der Waals surface area contributed by atoms with Crippen LogP contribution in [0.15, 0.2) is 118 Å². The molecule has 4 nitrogen and oxygen atoms in total. The fraction of sp³-hybridized carbons (Fsp3) is 0.288. The van der Waals surface area contributed by atoms with Gasteiger partial charge in [-0.1, -0.05) is 118 Å². The molecular weight excluding hydrogens is 779 g/mol. The Labute approximate surface area is 375 Å². The Hall–Kier alpha value is -6.20. The van der Waals surface area contributed by atoms with Gasteiger partial charge in [0.25, 0.3) is 0 Å². The molecule has 0 radical (unpaired) electrons. The summed E-state index contributed by atoms with van der Waals surface area (Å²) in [5.74, 6) is 0. The molecule has 0 fully saturated rings. The minimum atomic E-state index is -0.0906. The zero-order valence-electron chi connectivity index (χ0n) is 39.1. The molecule has 64 heavy (non-hydrogen) atoms. The summed E-state index contributed by atoms with van der Waals surface area (Å²) in [6.07, 6.45) is 2.34. The molecule has 7 aromatic carbocycles. The third kappa shape index (κ3) is 5.02. The molecule has 0 atom stereocenters. The Kier molecular flexibility index (Phi) is 7.25. The molecule has 1 aliphatic carbocycles. The van der Waals surface area contributed by atoms with Crippen molar-refractivity contribution < 1.29 is 8.83 Å². The number of para-hydroxylation sites is 1. The summed E-state index contributed by atoms with van der Waals surface area (Å²) >= 11 is 0. The number of hydrogen-bond donors (Lipinski definition) is 0. The fourth-order valence-corrected chi connectivity index (χ4v) is 12.1. The van der Waals surface area contributed by atoms with E-state index >= 15 is 0 Å². The molecule has 3 aromatic heterocycles. The van der Waals surface area contributed by atoms with Gasteiger partial charge in [0.05, 0.1) is 11.0 Å². The lowest BCUT2D eigenvalue weighted by Crippen LogP contribution is -2.60. The molecule has 0 bridgehead atoms. The minimum absolute atomic E-state index is 0.0302. The molecule has 2 aliphatic heterocycles. The SMILES string of the molecule is Cc1cc2c3c4c1c1cc5c(cc1n4-c1ccc(C(C)(C)C)cc1B3N(c1ccc(C(C)(C)C)cc1)c1cc3c(cc1-2)oc1cc2c(cc13)C(C)(C)CCC2(C)C)oc1ccccc15. The van der Waals surface area contributed by atoms with Crippen molar-refractivity contribution in [3.05, 3.63) is 137 Å². The number of furan rings is 2. The average molecular weight is 835 g/mol. The quantitative estimate of drug-likeness (QED) is 0.155. The van der Waals surface area contributed by atoms with Gasteiger partial charge in [-0.2, -0.15) is 0 Å². The zero-order valence-corrected chi connectivity index (χ0v) is 39.1. The molecule has 0 saturated carbocycles. The fourth-order valence-electron chi connectivity index (χ4n) is 12.1. The predicted molar refractivity (Wildman–Crippen MR) is 272 cm³/mol. The average Bonchev–Trinajstić information content (AvgIpc) is 3.91. The van der Waals surface area contributed by atoms with Gasteiger partial charge < -0.3 is 18.2 Å². The maximum absolute atomic E-state index is 7.03. The number of hydrogen-bond acceptors (Lipinski definition) is 3. The standard InChI is InChI=1S/C59H55BN2O2/c1-32-24-41-37-29-50-40(39-27-43-44(30-51(39)64-50)59(10,11)23-22-58(43,8)9)28-48(37)62(35-19-16-33(17-20-35)56(2,3)4)60-45-25-34(57(5,6)7)18-21-46(45)61-47-31-52-38(36-14-12-13-15-49(36)63-52)26-42(47)53(32)55(61)54(41)60/h12-21,24-31H,22-23H2,1-11H3. The Morgan fingerprint density at radius 3 is 1.91 bits per heavy atom. The van der Waals surface area contributed by atoms with Gasteiger partial charge in [0.15, 0.2) is 0 Å². The van der Waals surface area contributed by atoms with Crippen molar-refractivity contribution in [2.75, 3.05) is 4.81 Å². The van der Waals surface area contributed by atoms with Gasteiger partial charge in [-0.05, 0) is 140 Å². The Balaban J connectivity index is 1.18. The van der Waals surface area contributed by atoms with E-state index in [1.807, 2.05) is 0 Å². The lowest BCUT2D eigenvalue weighted by Gasteiger charge is -2.42. The topological polar surface area (TPSA) is 34.5 Å². The van der Waals surface area contributed by atoms with Crippen LogP contribution in [0.2, 0.25) is 0 Å². The van der Waals surface area contributed by atoms with Crippen LogP contribution in [0.5, 0.6) is 0 Å². The van der Waals surface area contributed by atoms with E-state index < -0.39 is 0 Å². The summed E-state index contributed by atoms with van der Waals surface area (Å²) in [5, 5.41) is 7.26. The molecule has 3 aliphatic rings. The van der Waals surface area contributed by atoms with Gasteiger partial charge >= 0.3 is 6.85 Å². The molecule has 10 aromatic rings. The summed E-state index contributed by atoms with van der Waals surface area (Å²) < 4.78 is 16.2. The lowest BCUT2D eigenvalue weighted by molar-refractivity contribution is 0.332. The molecule has 5 heteroatoms. The van der Waals surface area contributed by atoms with Crippen LogP contribution in [0.3, 0.4) is 0 Å². The van der Waals surface area contributed by atoms with E-state index in [-0.39, 0.29) is 28.5 Å². The number of aromatic nitrogens is 1. The highest BCUT2D eigenvalue weighted by Crippen LogP contribution is 2.52. The first-order chi connectivity index (χ1) is 30.4. The van der Waals surface area contributed by atoms with Crippen molar-refractivity contribution in [1.29, 1.82) is 0 Å². The summed E-state index contributed by atoms with van der Waals surface area (Å²) in [6, 6.07) is 42.1. The van der Waals surface area contributed by atoms with E-state index in [4.69, 9.17) is 8.83 Å². The summed E-state index contributed by atoms with van der Waals surface area (Å²) in [7, 11) is 0. The molecule has 5 heterocycles. The van der Waals surface area contributed by atoms with E-state index in [2.05, 4.69) is 195 Å². The molecule has 0 amide bonds. The first-order valence-corrected chi connectivity index (χ1v) is 23.4. The molecule has 13 rings (SSSR count). The van der Waals surface area contributed by atoms with Crippen molar-refractivity contribution in [3.8, 4) is 16.8 Å². The van der Waals surface area contributed by atoms with Crippen molar-refractivity contribution in [1.82, 2.24) is 4.57 Å². The maximum atomic E-state index is 7.03. The van der Waals surface area contributed by atoms with E-state index in [1.165, 1.54) is 112 Å². The first-order valence-electron chi connectivity index (χ1n) is 23.4. The normalized spacial score (nSPS) is 16.4. The van der Waals surface area contributed by atoms with Crippen LogP contribution in [0.1, 0.15) is 110 Å². The number of rotatable bonds is 1. The van der Waals surface area contributed by atoms with Crippen LogP contribution in [0, 0.1) is 6.92 Å². The smallest absolute Gasteiger partial charge is 0.333 e. The highest BCUT2D eigenvalue weighted by atomic mass is 16.3. The largest absolute Gasteiger partial charge is 0.456 e. The monoisotopic (exact) mass is 834 g/mol. The lowest BCUT2D eigenvalue weighted by atomic mass is 9.43. The van der Waals surface area contributed by atoms with Crippen molar-refractivity contribution >= 4 is 94.8 Å². The number of fused-ring (bicyclic) bond motifs is 15. The predicted octanol–water partition coefficient (Wildman–Crippen LogP) is 15.1. The third-order valence-electron chi connectivity index (χ3n) is 15.8. The van der Waals surface area contributed by atoms with Crippen molar-refractivity contribution in [2.45, 2.75) is 111 Å². The molecule has 0 saturated heterocycles. The zero-order chi connectivity index (χ0) is 44.1. The molecule has 316 valence electrons. The molecule has 0 N–H and O–H groups in total. The second-order valence-corrected chi connectivity index (χ2v) is 22.9. The third-order valence-corrected chi connectivity index (χ3v) is 15.8. The van der Waals surface area contributed by atoms with Crippen LogP contribution in [0.25, 0.3) is 82.5 Å². The van der Waals surface area contributed by atoms with Crippen LogP contribution >= 0.6 is 0 Å². The number of aryl methyl sites for hydroxylation is 1. The summed E-state index contributed by atoms with van der Waals surface area (Å²) in [6.45, 7) is 25.8. The van der Waals surface area contributed by atoms with Crippen molar-refractivity contribution in [3.63, 3.8) is 0 Å². The highest BCUT2D eigenvalue weighted by molar-refractivity contribution is 6.93. The first kappa shape index (κ1) is 38.3. The van der Waals surface area contributed by atoms with E-state index in [0.717, 1.165) is 33.1 Å². The van der Waals surface area contributed by atoms with E-state index in [9.17, 15) is 0 Å². The van der Waals surface area contributed by atoms with E-state index in [0.29, 0.717) is 0 Å².